The highest BCUT2D eigenvalue weighted by Crippen LogP contribution is 2.15. The zero-order valence-corrected chi connectivity index (χ0v) is 18.4. The molecule has 1 aromatic heterocycles. The molecule has 1 aromatic carbocycles. The first kappa shape index (κ1) is 22.8. The van der Waals surface area contributed by atoms with Crippen LogP contribution < -0.4 is 15.6 Å². The summed E-state index contributed by atoms with van der Waals surface area (Å²) in [5.41, 5.74) is 2.84. The van der Waals surface area contributed by atoms with Crippen LogP contribution in [0.2, 0.25) is 0 Å². The van der Waals surface area contributed by atoms with Crippen LogP contribution in [0.15, 0.2) is 43.1 Å². The lowest BCUT2D eigenvalue weighted by atomic mass is 10.2. The number of hydrogen-bond acceptors (Lipinski definition) is 7. The quantitative estimate of drug-likeness (QED) is 0.679. The third-order valence-corrected chi connectivity index (χ3v) is 4.51. The summed E-state index contributed by atoms with van der Waals surface area (Å²) >= 11 is 0. The van der Waals surface area contributed by atoms with Crippen LogP contribution in [0.25, 0.3) is 0 Å². The number of anilines is 2. The molecule has 0 atom stereocenters. The molecule has 1 aliphatic heterocycles. The second-order valence-corrected chi connectivity index (χ2v) is 8.16. The van der Waals surface area contributed by atoms with Gasteiger partial charge in [0.2, 0.25) is 5.91 Å². The summed E-state index contributed by atoms with van der Waals surface area (Å²) in [5.74, 6) is -0.217. The molecular formula is C21H27N7O4. The molecule has 170 valence electrons. The molecule has 1 saturated heterocycles. The van der Waals surface area contributed by atoms with Crippen LogP contribution >= 0.6 is 0 Å². The number of rotatable bonds is 5. The molecule has 1 fully saturated rings. The van der Waals surface area contributed by atoms with Gasteiger partial charge in [0.1, 0.15) is 5.60 Å². The molecule has 3 rings (SSSR count). The van der Waals surface area contributed by atoms with E-state index in [9.17, 15) is 14.4 Å². The summed E-state index contributed by atoms with van der Waals surface area (Å²) in [7, 11) is 0. The maximum absolute atomic E-state index is 12.5. The van der Waals surface area contributed by atoms with E-state index in [2.05, 4.69) is 27.5 Å². The van der Waals surface area contributed by atoms with Crippen LogP contribution in [-0.2, 0) is 9.53 Å². The lowest BCUT2D eigenvalue weighted by Crippen LogP contribution is -2.50. The second-order valence-electron chi connectivity index (χ2n) is 8.16. The van der Waals surface area contributed by atoms with Crippen molar-refractivity contribution < 1.29 is 19.1 Å². The minimum atomic E-state index is -0.536. The summed E-state index contributed by atoms with van der Waals surface area (Å²) < 4.78 is 5.40. The maximum atomic E-state index is 12.5. The zero-order chi connectivity index (χ0) is 23.3. The Kier molecular flexibility index (Phi) is 6.76. The smallest absolute Gasteiger partial charge is 0.410 e. The number of aromatic nitrogens is 3. The summed E-state index contributed by atoms with van der Waals surface area (Å²) in [6.45, 7) is 11.0. The van der Waals surface area contributed by atoms with Crippen molar-refractivity contribution >= 4 is 29.4 Å². The molecule has 2 aromatic rings. The summed E-state index contributed by atoms with van der Waals surface area (Å²) in [5, 5.41) is 11.0. The number of amides is 3. The zero-order valence-electron chi connectivity index (χ0n) is 18.4. The summed E-state index contributed by atoms with van der Waals surface area (Å²) in [6, 6.07) is 6.47. The van der Waals surface area contributed by atoms with E-state index in [-0.39, 0.29) is 12.0 Å². The van der Waals surface area contributed by atoms with Crippen LogP contribution in [0.5, 0.6) is 0 Å². The number of nitrogens with one attached hydrogen (secondary N) is 2. The molecule has 0 saturated carbocycles. The lowest BCUT2D eigenvalue weighted by molar-refractivity contribution is -0.111. The van der Waals surface area contributed by atoms with Crippen molar-refractivity contribution in [3.63, 3.8) is 0 Å². The van der Waals surface area contributed by atoms with E-state index in [1.165, 1.54) is 6.07 Å². The molecule has 0 unspecified atom stereocenters. The first-order valence-corrected chi connectivity index (χ1v) is 10.1. The van der Waals surface area contributed by atoms with E-state index in [0.717, 1.165) is 11.0 Å². The topological polar surface area (TPSA) is 122 Å². The van der Waals surface area contributed by atoms with Gasteiger partial charge in [-0.25, -0.2) is 10.2 Å². The minimum absolute atomic E-state index is 0.330. The van der Waals surface area contributed by atoms with Gasteiger partial charge in [-0.2, -0.15) is 0 Å². The number of hydrogen-bond donors (Lipinski definition) is 2. The maximum Gasteiger partial charge on any atom is 0.410 e. The molecule has 11 heteroatoms. The Balaban J connectivity index is 1.56. The van der Waals surface area contributed by atoms with Gasteiger partial charge in [-0.05, 0) is 45.0 Å². The van der Waals surface area contributed by atoms with Gasteiger partial charge in [-0.1, -0.05) is 17.6 Å². The highest BCUT2D eigenvalue weighted by atomic mass is 16.6. The van der Waals surface area contributed by atoms with Crippen molar-refractivity contribution in [1.82, 2.24) is 20.0 Å². The molecule has 2 N–H and O–H groups in total. The number of benzene rings is 1. The molecule has 0 aliphatic carbocycles. The Morgan fingerprint density at radius 3 is 2.53 bits per heavy atom. The lowest BCUT2D eigenvalue weighted by Gasteiger charge is -2.35. The van der Waals surface area contributed by atoms with Crippen LogP contribution in [0.4, 0.5) is 16.3 Å². The van der Waals surface area contributed by atoms with Gasteiger partial charge >= 0.3 is 6.09 Å². The minimum Gasteiger partial charge on any atom is -0.444 e. The standard InChI is InChI=1S/C21H27N7O4/c1-5-18(29)23-16-8-6-7-15(13-16)19(30)25-28-22-14-17(24-28)26-9-11-27(12-10-26)20(31)32-21(2,3)4/h5-8,13-14H,1,9-12H2,2-4H3,(H,23,29)(H,25,30). The molecule has 0 bridgehead atoms. The first-order chi connectivity index (χ1) is 15.1. The van der Waals surface area contributed by atoms with Crippen molar-refractivity contribution in [2.75, 3.05) is 41.8 Å². The first-order valence-electron chi connectivity index (χ1n) is 10.1. The highest BCUT2D eigenvalue weighted by molar-refractivity contribution is 6.03. The normalized spacial score (nSPS) is 14.0. The van der Waals surface area contributed by atoms with Crippen molar-refractivity contribution in [2.45, 2.75) is 26.4 Å². The number of nitrogens with zero attached hydrogens (tertiary/aromatic N) is 5. The fraction of sp³-hybridized carbons (Fsp3) is 0.381. The summed E-state index contributed by atoms with van der Waals surface area (Å²) in [6.07, 6.45) is 2.36. The Morgan fingerprint density at radius 2 is 1.88 bits per heavy atom. The van der Waals surface area contributed by atoms with Gasteiger partial charge < -0.3 is 19.9 Å². The molecule has 0 spiro atoms. The predicted octanol–water partition coefficient (Wildman–Crippen LogP) is 1.84. The van der Waals surface area contributed by atoms with E-state index >= 15 is 0 Å². The molecule has 1 aliphatic rings. The summed E-state index contributed by atoms with van der Waals surface area (Å²) in [4.78, 5) is 40.9. The van der Waals surface area contributed by atoms with E-state index in [0.29, 0.717) is 43.2 Å². The van der Waals surface area contributed by atoms with Crippen LogP contribution in [0, 0.1) is 0 Å². The fourth-order valence-corrected chi connectivity index (χ4v) is 2.99. The van der Waals surface area contributed by atoms with E-state index in [1.807, 2.05) is 25.7 Å². The monoisotopic (exact) mass is 441 g/mol. The number of piperazine rings is 1. The van der Waals surface area contributed by atoms with Crippen LogP contribution in [0.1, 0.15) is 31.1 Å². The Morgan fingerprint density at radius 1 is 1.16 bits per heavy atom. The SMILES string of the molecule is C=CC(=O)Nc1cccc(C(=O)Nn2ncc(N3CCN(C(=O)OC(C)(C)C)CC3)n2)c1. The molecule has 11 nitrogen and oxygen atoms in total. The van der Waals surface area contributed by atoms with Gasteiger partial charge in [0.15, 0.2) is 5.82 Å². The predicted molar refractivity (Wildman–Crippen MR) is 119 cm³/mol. The third kappa shape index (κ3) is 6.06. The van der Waals surface area contributed by atoms with Gasteiger partial charge in [0, 0.05) is 37.4 Å². The van der Waals surface area contributed by atoms with Gasteiger partial charge in [-0.3, -0.25) is 9.59 Å². The Hall–Kier alpha value is -3.89. The van der Waals surface area contributed by atoms with E-state index in [1.54, 1.807) is 29.3 Å². The van der Waals surface area contributed by atoms with Crippen molar-refractivity contribution in [2.24, 2.45) is 0 Å². The van der Waals surface area contributed by atoms with Crippen molar-refractivity contribution in [3.05, 3.63) is 48.7 Å². The molecular weight excluding hydrogens is 414 g/mol. The largest absolute Gasteiger partial charge is 0.444 e. The fourth-order valence-electron chi connectivity index (χ4n) is 2.99. The average Bonchev–Trinajstić information content (AvgIpc) is 3.21. The Bertz CT molecular complexity index is 1000. The van der Waals surface area contributed by atoms with Crippen molar-refractivity contribution in [3.8, 4) is 0 Å². The number of carbonyl (C=O) groups excluding carboxylic acids is 3. The number of carbonyl (C=O) groups is 3. The molecule has 2 heterocycles. The molecule has 32 heavy (non-hydrogen) atoms. The van der Waals surface area contributed by atoms with Gasteiger partial charge in [0.25, 0.3) is 5.91 Å². The average molecular weight is 441 g/mol. The van der Waals surface area contributed by atoms with Gasteiger partial charge in [-0.15, -0.1) is 10.2 Å². The molecule has 3 amide bonds. The van der Waals surface area contributed by atoms with E-state index in [4.69, 9.17) is 4.74 Å². The number of ether oxygens (including phenoxy) is 1. The van der Waals surface area contributed by atoms with Crippen LogP contribution in [0.3, 0.4) is 0 Å². The van der Waals surface area contributed by atoms with Crippen molar-refractivity contribution in [1.29, 1.82) is 0 Å². The highest BCUT2D eigenvalue weighted by Gasteiger charge is 2.26. The molecule has 0 radical (unpaired) electrons. The van der Waals surface area contributed by atoms with Gasteiger partial charge in [0.05, 0.1) is 6.20 Å². The second kappa shape index (κ2) is 9.50. The van der Waals surface area contributed by atoms with Crippen LogP contribution in [-0.4, -0.2) is 69.7 Å². The van der Waals surface area contributed by atoms with E-state index < -0.39 is 11.5 Å². The third-order valence-electron chi connectivity index (χ3n) is 4.51. The Labute approximate surface area is 186 Å².